The molecule has 0 radical (unpaired) electrons. The van der Waals surface area contributed by atoms with Crippen LogP contribution in [0.15, 0.2) is 55.8 Å². The molecule has 2 aromatic rings. The average Bonchev–Trinajstić information content (AvgIpc) is 3.23. The van der Waals surface area contributed by atoms with Crippen molar-refractivity contribution >= 4 is 34.9 Å². The number of carbonyl (C=O) groups excluding carboxylic acids is 4. The third-order valence-electron chi connectivity index (χ3n) is 5.99. The molecule has 0 saturated heterocycles. The van der Waals surface area contributed by atoms with Gasteiger partial charge in [-0.3, -0.25) is 9.59 Å². The number of nitrogens with zero attached hydrogens (tertiary/aromatic N) is 1. The molecule has 0 unspecified atom stereocenters. The van der Waals surface area contributed by atoms with Crippen molar-refractivity contribution in [1.29, 1.82) is 0 Å². The highest BCUT2D eigenvalue weighted by Gasteiger charge is 2.28. The number of carbonyl (C=O) groups is 4. The van der Waals surface area contributed by atoms with Crippen LogP contribution in [0.2, 0.25) is 0 Å². The Kier molecular flexibility index (Phi) is 12.9. The summed E-state index contributed by atoms with van der Waals surface area (Å²) in [7, 11) is 1.92. The minimum Gasteiger partial charge on any atom is -0.445 e. The first-order valence-corrected chi connectivity index (χ1v) is 13.7. The van der Waals surface area contributed by atoms with E-state index in [0.717, 1.165) is 16.5 Å². The Morgan fingerprint density at radius 2 is 1.68 bits per heavy atom. The van der Waals surface area contributed by atoms with Crippen LogP contribution in [0.4, 0.5) is 9.59 Å². The van der Waals surface area contributed by atoms with Crippen molar-refractivity contribution < 1.29 is 28.7 Å². The topological polar surface area (TPSA) is 140 Å². The number of rotatable bonds is 15. The quantitative estimate of drug-likeness (QED) is 0.191. The molecule has 0 bridgehead atoms. The number of ether oxygens (including phenoxy) is 2. The van der Waals surface area contributed by atoms with Crippen LogP contribution in [0.25, 0.3) is 10.9 Å². The molecule has 224 valence electrons. The number of benzene rings is 1. The lowest BCUT2D eigenvalue weighted by Gasteiger charge is -2.23. The number of alkyl carbamates (subject to hydrolysis) is 2. The molecule has 1 aromatic carbocycles. The van der Waals surface area contributed by atoms with E-state index in [9.17, 15) is 19.2 Å². The van der Waals surface area contributed by atoms with Gasteiger partial charge < -0.3 is 35.3 Å². The summed E-state index contributed by atoms with van der Waals surface area (Å²) in [4.78, 5) is 50.7. The molecule has 1 aromatic heterocycles. The summed E-state index contributed by atoms with van der Waals surface area (Å²) in [5, 5.41) is 11.8. The maximum Gasteiger partial charge on any atom is 0.408 e. The van der Waals surface area contributed by atoms with E-state index in [0.29, 0.717) is 19.4 Å². The van der Waals surface area contributed by atoms with E-state index in [1.54, 1.807) is 26.8 Å². The highest BCUT2D eigenvalue weighted by molar-refractivity contribution is 5.92. The van der Waals surface area contributed by atoms with Crippen LogP contribution >= 0.6 is 0 Å². The molecule has 4 amide bonds. The van der Waals surface area contributed by atoms with Gasteiger partial charge in [-0.2, -0.15) is 0 Å². The molecule has 0 aliphatic rings. The number of amides is 4. The molecular weight excluding hydrogens is 526 g/mol. The van der Waals surface area contributed by atoms with Crippen molar-refractivity contribution in [2.75, 3.05) is 19.7 Å². The van der Waals surface area contributed by atoms with Gasteiger partial charge in [0.15, 0.2) is 0 Å². The number of fused-ring (bicyclic) bond motifs is 1. The van der Waals surface area contributed by atoms with Crippen LogP contribution in [0.5, 0.6) is 0 Å². The lowest BCUT2D eigenvalue weighted by Crippen LogP contribution is -2.54. The third-order valence-corrected chi connectivity index (χ3v) is 5.99. The summed E-state index contributed by atoms with van der Waals surface area (Å²) in [6.07, 6.45) is 5.12. The van der Waals surface area contributed by atoms with E-state index in [2.05, 4.69) is 34.4 Å². The summed E-state index contributed by atoms with van der Waals surface area (Å²) in [6.45, 7) is 13.0. The van der Waals surface area contributed by atoms with Crippen molar-refractivity contribution in [2.24, 2.45) is 7.05 Å². The van der Waals surface area contributed by atoms with Gasteiger partial charge in [0.1, 0.15) is 24.3 Å². The molecule has 2 atom stereocenters. The molecule has 11 heteroatoms. The summed E-state index contributed by atoms with van der Waals surface area (Å²) >= 11 is 0. The Labute approximate surface area is 241 Å². The zero-order valence-electron chi connectivity index (χ0n) is 24.5. The first-order chi connectivity index (χ1) is 19.4. The number of hydrogen-bond donors (Lipinski definition) is 4. The standard InChI is InChI=1S/C30H43N5O6/c1-7-16-31-26(36)24(19-21-20-35(6)25-15-10-9-13-22(21)25)33-27(37)23(34-29(39)40-18-8-2)14-11-12-17-32-28(38)41-30(3,4)5/h7-10,13,15,20,23-24H,1-2,11-12,14,16-19H2,3-6H3,(H,31,36)(H,32,38)(H,33,37)(H,34,39)/t23-,24-/m0/s1. The minimum absolute atomic E-state index is 0.0202. The SMILES string of the molecule is C=CCNC(=O)[C@H](Cc1cn(C)c2ccccc12)NC(=O)[C@H](CCCCNC(=O)OC(C)(C)C)NC(=O)OCC=C. The summed E-state index contributed by atoms with van der Waals surface area (Å²) < 4.78 is 12.2. The fourth-order valence-electron chi connectivity index (χ4n) is 4.15. The van der Waals surface area contributed by atoms with E-state index in [4.69, 9.17) is 9.47 Å². The second-order valence-corrected chi connectivity index (χ2v) is 10.6. The van der Waals surface area contributed by atoms with Gasteiger partial charge >= 0.3 is 12.2 Å². The number of para-hydroxylation sites is 1. The fourth-order valence-corrected chi connectivity index (χ4v) is 4.15. The van der Waals surface area contributed by atoms with Gasteiger partial charge in [-0.1, -0.05) is 36.9 Å². The molecule has 0 saturated carbocycles. The van der Waals surface area contributed by atoms with Gasteiger partial charge in [0, 0.05) is 43.7 Å². The van der Waals surface area contributed by atoms with E-state index in [1.807, 2.05) is 42.1 Å². The highest BCUT2D eigenvalue weighted by atomic mass is 16.6. The number of aromatic nitrogens is 1. The van der Waals surface area contributed by atoms with E-state index < -0.39 is 35.8 Å². The van der Waals surface area contributed by atoms with E-state index in [1.165, 1.54) is 6.08 Å². The zero-order valence-corrected chi connectivity index (χ0v) is 24.5. The Morgan fingerprint density at radius 3 is 2.37 bits per heavy atom. The van der Waals surface area contributed by atoms with Gasteiger partial charge in [-0.05, 0) is 51.7 Å². The maximum atomic E-state index is 13.4. The number of hydrogen-bond acceptors (Lipinski definition) is 6. The van der Waals surface area contributed by atoms with Crippen LogP contribution in [-0.4, -0.2) is 65.9 Å². The lowest BCUT2D eigenvalue weighted by molar-refractivity contribution is -0.130. The van der Waals surface area contributed by atoms with Gasteiger partial charge in [-0.25, -0.2) is 9.59 Å². The molecule has 0 aliphatic heterocycles. The molecular formula is C30H43N5O6. The predicted molar refractivity (Wildman–Crippen MR) is 158 cm³/mol. The van der Waals surface area contributed by atoms with Crippen LogP contribution in [0, 0.1) is 0 Å². The minimum atomic E-state index is -0.976. The molecule has 0 fully saturated rings. The van der Waals surface area contributed by atoms with Crippen molar-refractivity contribution in [3.8, 4) is 0 Å². The van der Waals surface area contributed by atoms with Gasteiger partial charge in [0.25, 0.3) is 0 Å². The van der Waals surface area contributed by atoms with Gasteiger partial charge in [-0.15, -0.1) is 6.58 Å². The lowest BCUT2D eigenvalue weighted by atomic mass is 10.0. The summed E-state index contributed by atoms with van der Waals surface area (Å²) in [6, 6.07) is 5.93. The van der Waals surface area contributed by atoms with Crippen molar-refractivity contribution in [3.63, 3.8) is 0 Å². The van der Waals surface area contributed by atoms with Crippen LogP contribution in [0.1, 0.15) is 45.6 Å². The smallest absolute Gasteiger partial charge is 0.408 e. The predicted octanol–water partition coefficient (Wildman–Crippen LogP) is 3.48. The summed E-state index contributed by atoms with van der Waals surface area (Å²) in [5.41, 5.74) is 1.29. The maximum absolute atomic E-state index is 13.4. The first-order valence-electron chi connectivity index (χ1n) is 13.7. The molecule has 11 nitrogen and oxygen atoms in total. The second kappa shape index (κ2) is 16.1. The van der Waals surface area contributed by atoms with Crippen LogP contribution < -0.4 is 21.3 Å². The van der Waals surface area contributed by atoms with Crippen LogP contribution in [-0.2, 0) is 32.5 Å². The zero-order chi connectivity index (χ0) is 30.4. The average molecular weight is 570 g/mol. The van der Waals surface area contributed by atoms with Crippen molar-refractivity contribution in [3.05, 3.63) is 61.3 Å². The number of unbranched alkanes of at least 4 members (excludes halogenated alkanes) is 1. The van der Waals surface area contributed by atoms with Crippen molar-refractivity contribution in [1.82, 2.24) is 25.8 Å². The van der Waals surface area contributed by atoms with Crippen LogP contribution in [0.3, 0.4) is 0 Å². The molecule has 1 heterocycles. The van der Waals surface area contributed by atoms with Gasteiger partial charge in [0.2, 0.25) is 11.8 Å². The molecule has 0 spiro atoms. The second-order valence-electron chi connectivity index (χ2n) is 10.6. The molecule has 41 heavy (non-hydrogen) atoms. The number of aryl methyl sites for hydroxylation is 1. The highest BCUT2D eigenvalue weighted by Crippen LogP contribution is 2.22. The van der Waals surface area contributed by atoms with Crippen molar-refractivity contribution in [2.45, 2.75) is 64.1 Å². The Bertz CT molecular complexity index is 1220. The van der Waals surface area contributed by atoms with E-state index in [-0.39, 0.29) is 31.9 Å². The first kappa shape index (κ1) is 32.9. The third kappa shape index (κ3) is 11.4. The summed E-state index contributed by atoms with van der Waals surface area (Å²) in [5.74, 6) is -0.902. The molecule has 4 N–H and O–H groups in total. The fraction of sp³-hybridized carbons (Fsp3) is 0.467. The molecule has 0 aliphatic carbocycles. The normalized spacial score (nSPS) is 12.5. The van der Waals surface area contributed by atoms with E-state index >= 15 is 0 Å². The monoisotopic (exact) mass is 569 g/mol. The Hall–Kier alpha value is -4.28. The number of nitrogens with one attached hydrogen (secondary N) is 4. The van der Waals surface area contributed by atoms with Gasteiger partial charge in [0.05, 0.1) is 0 Å². The largest absolute Gasteiger partial charge is 0.445 e. The Balaban J connectivity index is 2.13. The Morgan fingerprint density at radius 1 is 0.951 bits per heavy atom. The molecule has 2 rings (SSSR count).